The second-order valence-corrected chi connectivity index (χ2v) is 8.43. The van der Waals surface area contributed by atoms with Crippen LogP contribution >= 0.6 is 0 Å². The third-order valence-corrected chi connectivity index (χ3v) is 4.79. The maximum absolute atomic E-state index is 12.2. The zero-order valence-electron chi connectivity index (χ0n) is 17.2. The Labute approximate surface area is 167 Å². The first-order valence-electron chi connectivity index (χ1n) is 9.86. The monoisotopic (exact) mass is 388 g/mol. The molecule has 7 nitrogen and oxygen atoms in total. The molecule has 0 bridgehead atoms. The van der Waals surface area contributed by atoms with Crippen molar-refractivity contribution >= 4 is 17.8 Å². The van der Waals surface area contributed by atoms with E-state index in [1.54, 1.807) is 4.90 Å². The fraction of sp³-hybridized carbons (Fsp3) is 0.571. The number of carbonyl (C=O) groups is 3. The number of nitrogens with zero attached hydrogens (tertiary/aromatic N) is 1. The van der Waals surface area contributed by atoms with E-state index in [4.69, 9.17) is 0 Å². The molecule has 4 amide bonds. The van der Waals surface area contributed by atoms with Crippen LogP contribution < -0.4 is 16.0 Å². The van der Waals surface area contributed by atoms with Crippen LogP contribution in [0.1, 0.15) is 52.1 Å². The summed E-state index contributed by atoms with van der Waals surface area (Å²) >= 11 is 0. The number of hydrogen-bond acceptors (Lipinski definition) is 3. The highest BCUT2D eigenvalue weighted by Gasteiger charge is 2.26. The minimum absolute atomic E-state index is 0.0516. The lowest BCUT2D eigenvalue weighted by Crippen LogP contribution is -2.51. The van der Waals surface area contributed by atoms with Gasteiger partial charge in [0.1, 0.15) is 0 Å². The quantitative estimate of drug-likeness (QED) is 0.691. The van der Waals surface area contributed by atoms with E-state index in [9.17, 15) is 14.4 Å². The molecule has 1 saturated heterocycles. The molecule has 1 heterocycles. The molecule has 0 radical (unpaired) electrons. The predicted octanol–water partition coefficient (Wildman–Crippen LogP) is 2.20. The Balaban J connectivity index is 1.70. The van der Waals surface area contributed by atoms with Gasteiger partial charge >= 0.3 is 17.8 Å². The number of likely N-dealkylation sites (tertiary alicyclic amines) is 1. The number of benzene rings is 1. The van der Waals surface area contributed by atoms with Crippen LogP contribution in [0.3, 0.4) is 0 Å². The Morgan fingerprint density at radius 3 is 2.25 bits per heavy atom. The summed E-state index contributed by atoms with van der Waals surface area (Å²) in [5, 5.41) is 8.40. The summed E-state index contributed by atoms with van der Waals surface area (Å²) in [5.41, 5.74) is 0.691. The maximum Gasteiger partial charge on any atom is 0.317 e. The van der Waals surface area contributed by atoms with Crippen molar-refractivity contribution in [1.29, 1.82) is 0 Å². The van der Waals surface area contributed by atoms with E-state index in [1.807, 2.05) is 58.0 Å². The van der Waals surface area contributed by atoms with Gasteiger partial charge in [0.05, 0.1) is 6.04 Å². The van der Waals surface area contributed by atoms with Crippen molar-refractivity contribution in [2.75, 3.05) is 19.6 Å². The second kappa shape index (κ2) is 9.57. The van der Waals surface area contributed by atoms with Crippen molar-refractivity contribution in [3.8, 4) is 0 Å². The first-order valence-corrected chi connectivity index (χ1v) is 9.86. The molecule has 3 N–H and O–H groups in total. The minimum Gasteiger partial charge on any atom is -0.348 e. The largest absolute Gasteiger partial charge is 0.348 e. The highest BCUT2D eigenvalue weighted by atomic mass is 16.2. The summed E-state index contributed by atoms with van der Waals surface area (Å²) < 4.78 is 0. The Kier molecular flexibility index (Phi) is 7.43. The van der Waals surface area contributed by atoms with Crippen LogP contribution in [0.25, 0.3) is 0 Å². The van der Waals surface area contributed by atoms with Crippen LogP contribution in [0.5, 0.6) is 0 Å². The van der Waals surface area contributed by atoms with Crippen molar-refractivity contribution in [1.82, 2.24) is 20.9 Å². The van der Waals surface area contributed by atoms with Gasteiger partial charge in [-0.2, -0.15) is 0 Å². The van der Waals surface area contributed by atoms with E-state index in [1.165, 1.54) is 0 Å². The van der Waals surface area contributed by atoms with E-state index in [0.29, 0.717) is 19.6 Å². The lowest BCUT2D eigenvalue weighted by Gasteiger charge is -2.34. The topological polar surface area (TPSA) is 90.5 Å². The average Bonchev–Trinajstić information content (AvgIpc) is 2.65. The first kappa shape index (κ1) is 21.7. The van der Waals surface area contributed by atoms with Gasteiger partial charge in [-0.05, 0) is 52.0 Å². The van der Waals surface area contributed by atoms with Gasteiger partial charge in [-0.25, -0.2) is 4.79 Å². The van der Waals surface area contributed by atoms with E-state index >= 15 is 0 Å². The molecule has 0 saturated carbocycles. The summed E-state index contributed by atoms with van der Waals surface area (Å²) in [7, 11) is 0. The average molecular weight is 389 g/mol. The fourth-order valence-electron chi connectivity index (χ4n) is 3.14. The molecule has 0 spiro atoms. The predicted molar refractivity (Wildman–Crippen MR) is 109 cm³/mol. The summed E-state index contributed by atoms with van der Waals surface area (Å²) in [4.78, 5) is 38.2. The van der Waals surface area contributed by atoms with Gasteiger partial charge < -0.3 is 20.9 Å². The Morgan fingerprint density at radius 2 is 1.68 bits per heavy atom. The zero-order chi connectivity index (χ0) is 20.7. The van der Waals surface area contributed by atoms with E-state index in [0.717, 1.165) is 18.4 Å². The fourth-order valence-corrected chi connectivity index (χ4v) is 3.14. The third-order valence-electron chi connectivity index (χ3n) is 4.79. The summed E-state index contributed by atoms with van der Waals surface area (Å²) in [6.07, 6.45) is 1.61. The molecule has 7 heteroatoms. The van der Waals surface area contributed by atoms with Crippen LogP contribution in [-0.4, -0.2) is 47.9 Å². The third kappa shape index (κ3) is 6.87. The smallest absolute Gasteiger partial charge is 0.317 e. The summed E-state index contributed by atoms with van der Waals surface area (Å²) in [6.45, 7) is 9.46. The minimum atomic E-state index is -0.627. The van der Waals surface area contributed by atoms with Crippen molar-refractivity contribution in [2.45, 2.75) is 52.1 Å². The molecule has 0 aliphatic carbocycles. The number of urea groups is 1. The molecule has 1 aliphatic heterocycles. The van der Waals surface area contributed by atoms with Gasteiger partial charge in [0.25, 0.3) is 0 Å². The first-order chi connectivity index (χ1) is 13.2. The molecular weight excluding hydrogens is 356 g/mol. The van der Waals surface area contributed by atoms with Crippen molar-refractivity contribution in [3.63, 3.8) is 0 Å². The molecule has 0 aromatic heterocycles. The standard InChI is InChI=1S/C21H32N4O3/c1-15(17-8-6-5-7-9-17)23-19(27)18(26)22-14-16-10-12-25(13-11-16)20(28)24-21(2,3)4/h5-9,15-16H,10-14H2,1-4H3,(H,22,26)(H,23,27)(H,24,28). The van der Waals surface area contributed by atoms with Gasteiger partial charge in [-0.1, -0.05) is 30.3 Å². The van der Waals surface area contributed by atoms with Crippen LogP contribution in [0.4, 0.5) is 4.79 Å². The molecule has 1 aliphatic rings. The highest BCUT2D eigenvalue weighted by Crippen LogP contribution is 2.17. The lowest BCUT2D eigenvalue weighted by atomic mass is 9.97. The molecule has 1 aromatic carbocycles. The Hall–Kier alpha value is -2.57. The summed E-state index contributed by atoms with van der Waals surface area (Å²) in [5.74, 6) is -0.976. The summed E-state index contributed by atoms with van der Waals surface area (Å²) in [6, 6.07) is 9.23. The molecule has 1 aromatic rings. The van der Waals surface area contributed by atoms with Crippen molar-refractivity contribution in [2.24, 2.45) is 5.92 Å². The van der Waals surface area contributed by atoms with Crippen LogP contribution in [0.2, 0.25) is 0 Å². The number of piperidine rings is 1. The Morgan fingerprint density at radius 1 is 1.07 bits per heavy atom. The van der Waals surface area contributed by atoms with Gasteiger partial charge in [0.2, 0.25) is 0 Å². The molecule has 1 atom stereocenters. The van der Waals surface area contributed by atoms with Crippen LogP contribution in [-0.2, 0) is 9.59 Å². The maximum atomic E-state index is 12.2. The molecule has 1 unspecified atom stereocenters. The van der Waals surface area contributed by atoms with Gasteiger partial charge in [-0.3, -0.25) is 9.59 Å². The van der Waals surface area contributed by atoms with Crippen LogP contribution in [0, 0.1) is 5.92 Å². The Bertz CT molecular complexity index is 677. The molecule has 2 rings (SSSR count). The lowest BCUT2D eigenvalue weighted by molar-refractivity contribution is -0.139. The number of nitrogens with one attached hydrogen (secondary N) is 3. The number of carbonyl (C=O) groups excluding carboxylic acids is 3. The molecule has 1 fully saturated rings. The second-order valence-electron chi connectivity index (χ2n) is 8.43. The molecule has 154 valence electrons. The molecule has 28 heavy (non-hydrogen) atoms. The number of amides is 4. The SMILES string of the molecule is CC(NC(=O)C(=O)NCC1CCN(C(=O)NC(C)(C)C)CC1)c1ccccc1. The normalized spacial score (nSPS) is 16.2. The van der Waals surface area contributed by atoms with Gasteiger partial charge in [-0.15, -0.1) is 0 Å². The van der Waals surface area contributed by atoms with Gasteiger partial charge in [0.15, 0.2) is 0 Å². The van der Waals surface area contributed by atoms with Crippen molar-refractivity contribution < 1.29 is 14.4 Å². The van der Waals surface area contributed by atoms with E-state index < -0.39 is 11.8 Å². The highest BCUT2D eigenvalue weighted by molar-refractivity contribution is 6.35. The van der Waals surface area contributed by atoms with E-state index in [-0.39, 0.29) is 23.5 Å². The number of hydrogen-bond donors (Lipinski definition) is 3. The van der Waals surface area contributed by atoms with Crippen molar-refractivity contribution in [3.05, 3.63) is 35.9 Å². The van der Waals surface area contributed by atoms with Gasteiger partial charge in [0, 0.05) is 25.2 Å². The number of rotatable bonds is 4. The molecular formula is C21H32N4O3. The van der Waals surface area contributed by atoms with E-state index in [2.05, 4.69) is 16.0 Å². The van der Waals surface area contributed by atoms with Crippen LogP contribution in [0.15, 0.2) is 30.3 Å². The zero-order valence-corrected chi connectivity index (χ0v) is 17.2.